The van der Waals surface area contributed by atoms with E-state index in [1.807, 2.05) is 37.3 Å². The van der Waals surface area contributed by atoms with Crippen LogP contribution in [0.25, 0.3) is 22.4 Å². The minimum Gasteiger partial charge on any atom is -0.367 e. The van der Waals surface area contributed by atoms with Gasteiger partial charge in [-0.05, 0) is 42.3 Å². The van der Waals surface area contributed by atoms with Gasteiger partial charge in [0.15, 0.2) is 0 Å². The van der Waals surface area contributed by atoms with Gasteiger partial charge < -0.3 is 10.3 Å². The van der Waals surface area contributed by atoms with Crippen molar-refractivity contribution in [2.45, 2.75) is 6.92 Å². The Bertz CT molecular complexity index is 814. The molecule has 2 N–H and O–H groups in total. The Hall–Kier alpha value is -2.14. The first-order chi connectivity index (χ1) is 10.1. The standard InChI is InChI=1S/C16H12BrFN2O/c1-9-5-6-12(13(18)7-9)15-14(16(19)21-20-15)10-3-2-4-11(17)8-10/h2-8H,19H2,1H3. The van der Waals surface area contributed by atoms with E-state index in [0.29, 0.717) is 16.8 Å². The molecule has 0 aliphatic carbocycles. The van der Waals surface area contributed by atoms with E-state index in [0.717, 1.165) is 15.6 Å². The molecule has 3 rings (SSSR count). The van der Waals surface area contributed by atoms with Gasteiger partial charge in [0.2, 0.25) is 5.88 Å². The molecule has 0 unspecified atom stereocenters. The van der Waals surface area contributed by atoms with Crippen molar-refractivity contribution in [3.05, 3.63) is 58.3 Å². The van der Waals surface area contributed by atoms with Gasteiger partial charge >= 0.3 is 0 Å². The van der Waals surface area contributed by atoms with E-state index in [1.54, 1.807) is 6.07 Å². The van der Waals surface area contributed by atoms with Gasteiger partial charge in [0.05, 0.1) is 5.56 Å². The molecular weight excluding hydrogens is 335 g/mol. The molecule has 0 fully saturated rings. The Labute approximate surface area is 129 Å². The molecule has 0 aliphatic heterocycles. The van der Waals surface area contributed by atoms with Crippen molar-refractivity contribution < 1.29 is 8.91 Å². The van der Waals surface area contributed by atoms with Crippen molar-refractivity contribution in [2.75, 3.05) is 5.73 Å². The number of anilines is 1. The highest BCUT2D eigenvalue weighted by molar-refractivity contribution is 9.10. The van der Waals surface area contributed by atoms with Crippen LogP contribution >= 0.6 is 15.9 Å². The molecule has 1 heterocycles. The minimum absolute atomic E-state index is 0.170. The predicted molar refractivity (Wildman–Crippen MR) is 84.2 cm³/mol. The highest BCUT2D eigenvalue weighted by atomic mass is 79.9. The van der Waals surface area contributed by atoms with E-state index in [1.165, 1.54) is 6.07 Å². The van der Waals surface area contributed by atoms with Crippen molar-refractivity contribution in [2.24, 2.45) is 0 Å². The number of hydrogen-bond donors (Lipinski definition) is 1. The quantitative estimate of drug-likeness (QED) is 0.724. The summed E-state index contributed by atoms with van der Waals surface area (Å²) >= 11 is 3.41. The summed E-state index contributed by atoms with van der Waals surface area (Å²) in [4.78, 5) is 0. The minimum atomic E-state index is -0.348. The maximum absolute atomic E-state index is 14.2. The van der Waals surface area contributed by atoms with Gasteiger partial charge in [0, 0.05) is 10.0 Å². The summed E-state index contributed by atoms with van der Waals surface area (Å²) in [5.74, 6) is -0.178. The molecule has 0 saturated carbocycles. The second kappa shape index (κ2) is 5.33. The molecule has 0 spiro atoms. The fourth-order valence-corrected chi connectivity index (χ4v) is 2.62. The Morgan fingerprint density at radius 3 is 2.71 bits per heavy atom. The molecule has 0 bridgehead atoms. The third-order valence-corrected chi connectivity index (χ3v) is 3.70. The van der Waals surface area contributed by atoms with Crippen LogP contribution in [-0.2, 0) is 0 Å². The lowest BCUT2D eigenvalue weighted by Crippen LogP contribution is -1.90. The Morgan fingerprint density at radius 2 is 2.00 bits per heavy atom. The van der Waals surface area contributed by atoms with Crippen LogP contribution < -0.4 is 5.73 Å². The number of hydrogen-bond acceptors (Lipinski definition) is 3. The summed E-state index contributed by atoms with van der Waals surface area (Å²) in [5, 5.41) is 3.93. The monoisotopic (exact) mass is 346 g/mol. The Morgan fingerprint density at radius 1 is 1.19 bits per heavy atom. The Balaban J connectivity index is 2.22. The first-order valence-electron chi connectivity index (χ1n) is 6.34. The van der Waals surface area contributed by atoms with Gasteiger partial charge in [0.25, 0.3) is 0 Å². The second-order valence-corrected chi connectivity index (χ2v) is 5.68. The highest BCUT2D eigenvalue weighted by Gasteiger charge is 2.20. The molecular formula is C16H12BrFN2O. The number of nitrogens with zero attached hydrogens (tertiary/aromatic N) is 1. The van der Waals surface area contributed by atoms with Crippen LogP contribution in [0.1, 0.15) is 5.56 Å². The van der Waals surface area contributed by atoms with E-state index < -0.39 is 0 Å². The van der Waals surface area contributed by atoms with Crippen molar-refractivity contribution in [3.63, 3.8) is 0 Å². The maximum atomic E-state index is 14.2. The number of nitrogen functional groups attached to an aromatic ring is 1. The zero-order chi connectivity index (χ0) is 15.0. The summed E-state index contributed by atoms with van der Waals surface area (Å²) < 4.78 is 20.2. The number of benzene rings is 2. The zero-order valence-electron chi connectivity index (χ0n) is 11.2. The van der Waals surface area contributed by atoms with E-state index in [4.69, 9.17) is 10.3 Å². The molecule has 0 saturated heterocycles. The summed E-state index contributed by atoms with van der Waals surface area (Å²) in [7, 11) is 0. The second-order valence-electron chi connectivity index (χ2n) is 4.76. The lowest BCUT2D eigenvalue weighted by molar-refractivity contribution is 0.439. The van der Waals surface area contributed by atoms with Crippen molar-refractivity contribution in [3.8, 4) is 22.4 Å². The molecule has 3 aromatic rings. The van der Waals surface area contributed by atoms with Gasteiger partial charge in [-0.15, -0.1) is 0 Å². The van der Waals surface area contributed by atoms with Gasteiger partial charge in [0.1, 0.15) is 11.5 Å². The van der Waals surface area contributed by atoms with E-state index in [2.05, 4.69) is 21.1 Å². The molecule has 106 valence electrons. The van der Waals surface area contributed by atoms with Gasteiger partial charge in [-0.1, -0.05) is 39.3 Å². The zero-order valence-corrected chi connectivity index (χ0v) is 12.8. The lowest BCUT2D eigenvalue weighted by Gasteiger charge is -2.05. The van der Waals surface area contributed by atoms with E-state index in [9.17, 15) is 4.39 Å². The number of nitrogens with two attached hydrogens (primary N) is 1. The number of aromatic nitrogens is 1. The van der Waals surface area contributed by atoms with Crippen LogP contribution in [0, 0.1) is 12.7 Å². The number of rotatable bonds is 2. The summed E-state index contributed by atoms with van der Waals surface area (Å²) in [6.45, 7) is 1.83. The summed E-state index contributed by atoms with van der Waals surface area (Å²) in [6, 6.07) is 12.5. The maximum Gasteiger partial charge on any atom is 0.230 e. The van der Waals surface area contributed by atoms with Crippen molar-refractivity contribution in [1.29, 1.82) is 0 Å². The molecule has 1 aromatic heterocycles. The first kappa shape index (κ1) is 13.8. The predicted octanol–water partition coefficient (Wildman–Crippen LogP) is 4.80. The topological polar surface area (TPSA) is 52.0 Å². The molecule has 0 atom stereocenters. The fourth-order valence-electron chi connectivity index (χ4n) is 2.22. The summed E-state index contributed by atoms with van der Waals surface area (Å²) in [5.41, 5.74) is 8.91. The van der Waals surface area contributed by atoms with Crippen LogP contribution in [0.5, 0.6) is 0 Å². The largest absolute Gasteiger partial charge is 0.367 e. The fraction of sp³-hybridized carbons (Fsp3) is 0.0625. The van der Waals surface area contributed by atoms with Gasteiger partial charge in [-0.25, -0.2) is 4.39 Å². The van der Waals surface area contributed by atoms with Gasteiger partial charge in [-0.2, -0.15) is 0 Å². The van der Waals surface area contributed by atoms with Crippen molar-refractivity contribution >= 4 is 21.8 Å². The highest BCUT2D eigenvalue weighted by Crippen LogP contribution is 2.38. The summed E-state index contributed by atoms with van der Waals surface area (Å²) in [6.07, 6.45) is 0. The first-order valence-corrected chi connectivity index (χ1v) is 7.13. The van der Waals surface area contributed by atoms with Crippen LogP contribution in [0.2, 0.25) is 0 Å². The average Bonchev–Trinajstić information content (AvgIpc) is 2.80. The SMILES string of the molecule is Cc1ccc(-c2noc(N)c2-c2cccc(Br)c2)c(F)c1. The number of halogens is 2. The Kier molecular flexibility index (Phi) is 3.51. The smallest absolute Gasteiger partial charge is 0.230 e. The molecule has 5 heteroatoms. The lowest BCUT2D eigenvalue weighted by atomic mass is 10.00. The van der Waals surface area contributed by atoms with Crippen LogP contribution in [0.3, 0.4) is 0 Å². The number of aryl methyl sites for hydroxylation is 1. The van der Waals surface area contributed by atoms with Crippen molar-refractivity contribution in [1.82, 2.24) is 5.16 Å². The van der Waals surface area contributed by atoms with E-state index >= 15 is 0 Å². The third kappa shape index (κ3) is 2.56. The normalized spacial score (nSPS) is 10.8. The van der Waals surface area contributed by atoms with Gasteiger partial charge in [-0.3, -0.25) is 0 Å². The molecule has 21 heavy (non-hydrogen) atoms. The van der Waals surface area contributed by atoms with Crippen LogP contribution in [-0.4, -0.2) is 5.16 Å². The molecule has 2 aromatic carbocycles. The average molecular weight is 347 g/mol. The third-order valence-electron chi connectivity index (χ3n) is 3.21. The van der Waals surface area contributed by atoms with Crippen LogP contribution in [0.15, 0.2) is 51.5 Å². The molecule has 3 nitrogen and oxygen atoms in total. The molecule has 0 aliphatic rings. The van der Waals surface area contributed by atoms with E-state index in [-0.39, 0.29) is 11.7 Å². The molecule has 0 radical (unpaired) electrons. The molecule has 0 amide bonds. The van der Waals surface area contributed by atoms with Crippen LogP contribution in [0.4, 0.5) is 10.3 Å².